The van der Waals surface area contributed by atoms with Gasteiger partial charge < -0.3 is 4.74 Å². The van der Waals surface area contributed by atoms with Gasteiger partial charge in [0.1, 0.15) is 5.76 Å². The molecule has 0 aliphatic carbocycles. The fourth-order valence-electron chi connectivity index (χ4n) is 1.82. The first-order chi connectivity index (χ1) is 9.15. The molecule has 0 N–H and O–H groups in total. The molecule has 0 fully saturated rings. The van der Waals surface area contributed by atoms with E-state index >= 15 is 0 Å². The molecule has 0 saturated heterocycles. The lowest BCUT2D eigenvalue weighted by Gasteiger charge is -2.24. The lowest BCUT2D eigenvalue weighted by molar-refractivity contribution is -0.139. The van der Waals surface area contributed by atoms with E-state index in [2.05, 4.69) is 15.9 Å². The van der Waals surface area contributed by atoms with E-state index in [-0.39, 0.29) is 5.25 Å². The lowest BCUT2D eigenvalue weighted by atomic mass is 10.0. The smallest absolute Gasteiger partial charge is 0.330 e. The van der Waals surface area contributed by atoms with Crippen molar-refractivity contribution in [3.05, 3.63) is 40.4 Å². The molecule has 0 aromatic heterocycles. The summed E-state index contributed by atoms with van der Waals surface area (Å²) < 4.78 is 6.23. The van der Waals surface area contributed by atoms with Crippen LogP contribution >= 0.6 is 27.7 Å². The first-order valence-electron chi connectivity index (χ1n) is 5.86. The number of hydrogen-bond acceptors (Lipinski definition) is 4. The normalized spacial score (nSPS) is 22.4. The Morgan fingerprint density at radius 2 is 2.11 bits per heavy atom. The maximum absolute atomic E-state index is 11.9. The first kappa shape index (κ1) is 14.2. The van der Waals surface area contributed by atoms with Crippen LogP contribution in [0.5, 0.6) is 0 Å². The maximum atomic E-state index is 11.9. The molecule has 0 radical (unpaired) electrons. The zero-order valence-electron chi connectivity index (χ0n) is 10.3. The monoisotopic (exact) mass is 337 g/mol. The number of carbonyl (C=O) groups excluding carboxylic acids is 1. The SMILES string of the molecule is CCS[C@H]1C=C(c2ccc(Br)cc2)OC(=O)[C@@H]1C#N. The highest BCUT2D eigenvalue weighted by Gasteiger charge is 2.34. The second kappa shape index (κ2) is 6.27. The van der Waals surface area contributed by atoms with Crippen molar-refractivity contribution in [2.75, 3.05) is 5.75 Å². The molecule has 1 aromatic rings. The molecule has 0 spiro atoms. The molecule has 2 atom stereocenters. The van der Waals surface area contributed by atoms with E-state index in [9.17, 15) is 4.79 Å². The number of nitriles is 1. The summed E-state index contributed by atoms with van der Waals surface area (Å²) in [7, 11) is 0. The Bertz CT molecular complexity index is 548. The predicted molar refractivity (Wildman–Crippen MR) is 79.2 cm³/mol. The minimum Gasteiger partial charge on any atom is -0.425 e. The number of esters is 1. The average Bonchev–Trinajstić information content (AvgIpc) is 2.39. The summed E-state index contributed by atoms with van der Waals surface area (Å²) in [5, 5.41) is 8.91. The number of halogens is 1. The number of benzene rings is 1. The van der Waals surface area contributed by atoms with Crippen molar-refractivity contribution in [2.45, 2.75) is 12.2 Å². The Labute approximate surface area is 124 Å². The number of thioether (sulfide) groups is 1. The van der Waals surface area contributed by atoms with Gasteiger partial charge >= 0.3 is 5.97 Å². The molecule has 1 aliphatic rings. The van der Waals surface area contributed by atoms with Crippen LogP contribution < -0.4 is 0 Å². The van der Waals surface area contributed by atoms with Crippen molar-refractivity contribution < 1.29 is 9.53 Å². The minimum absolute atomic E-state index is 0.144. The van der Waals surface area contributed by atoms with Crippen LogP contribution in [-0.2, 0) is 9.53 Å². The molecular formula is C14H12BrNO2S. The summed E-state index contributed by atoms with van der Waals surface area (Å²) in [5.41, 5.74) is 0.842. The van der Waals surface area contributed by atoms with E-state index in [0.717, 1.165) is 15.8 Å². The van der Waals surface area contributed by atoms with Gasteiger partial charge in [0.2, 0.25) is 0 Å². The molecule has 98 valence electrons. The molecule has 1 heterocycles. The van der Waals surface area contributed by atoms with Gasteiger partial charge in [-0.2, -0.15) is 17.0 Å². The number of hydrogen-bond donors (Lipinski definition) is 0. The van der Waals surface area contributed by atoms with E-state index in [4.69, 9.17) is 10.00 Å². The summed E-state index contributed by atoms with van der Waals surface area (Å²) in [5.74, 6) is 0.202. The fraction of sp³-hybridized carbons (Fsp3) is 0.286. The lowest BCUT2D eigenvalue weighted by Crippen LogP contribution is -2.29. The quantitative estimate of drug-likeness (QED) is 0.790. The second-order valence-electron chi connectivity index (χ2n) is 3.99. The Kier molecular flexibility index (Phi) is 4.67. The zero-order chi connectivity index (χ0) is 13.8. The third-order valence-electron chi connectivity index (χ3n) is 2.74. The van der Waals surface area contributed by atoms with Crippen LogP contribution in [0, 0.1) is 17.2 Å². The Morgan fingerprint density at radius 1 is 1.42 bits per heavy atom. The van der Waals surface area contributed by atoms with Crippen LogP contribution in [-0.4, -0.2) is 17.0 Å². The summed E-state index contributed by atoms with van der Waals surface area (Å²) >= 11 is 4.95. The Morgan fingerprint density at radius 3 is 2.68 bits per heavy atom. The van der Waals surface area contributed by atoms with Gasteiger partial charge in [-0.3, -0.25) is 4.79 Å². The highest BCUT2D eigenvalue weighted by atomic mass is 79.9. The van der Waals surface area contributed by atoms with Crippen molar-refractivity contribution in [3.8, 4) is 6.07 Å². The molecule has 0 amide bonds. The fourth-order valence-corrected chi connectivity index (χ4v) is 3.05. The standard InChI is InChI=1S/C14H12BrNO2S/c1-2-19-13-7-12(18-14(17)11(13)8-16)9-3-5-10(15)6-4-9/h3-7,11,13H,2H2,1H3/t11-,13+/m1/s1. The second-order valence-corrected chi connectivity index (χ2v) is 6.36. The van der Waals surface area contributed by atoms with Gasteiger partial charge in [0, 0.05) is 10.0 Å². The third-order valence-corrected chi connectivity index (χ3v) is 4.39. The molecule has 3 nitrogen and oxygen atoms in total. The van der Waals surface area contributed by atoms with Crippen LogP contribution in [0.25, 0.3) is 5.76 Å². The van der Waals surface area contributed by atoms with Crippen molar-refractivity contribution in [1.82, 2.24) is 0 Å². The summed E-state index contributed by atoms with van der Waals surface area (Å²) in [6.45, 7) is 2.01. The topological polar surface area (TPSA) is 50.1 Å². The van der Waals surface area contributed by atoms with Gasteiger partial charge in [-0.15, -0.1) is 0 Å². The average molecular weight is 338 g/mol. The van der Waals surface area contributed by atoms with Gasteiger partial charge in [0.25, 0.3) is 0 Å². The van der Waals surface area contributed by atoms with Crippen molar-refractivity contribution in [1.29, 1.82) is 5.26 Å². The van der Waals surface area contributed by atoms with E-state index < -0.39 is 11.9 Å². The number of cyclic esters (lactones) is 1. The van der Waals surface area contributed by atoms with Crippen LogP contribution in [0.3, 0.4) is 0 Å². The zero-order valence-corrected chi connectivity index (χ0v) is 12.7. The number of rotatable bonds is 3. The van der Waals surface area contributed by atoms with E-state index in [1.54, 1.807) is 11.8 Å². The molecule has 1 aliphatic heterocycles. The van der Waals surface area contributed by atoms with Gasteiger partial charge in [-0.05, 0) is 24.0 Å². The van der Waals surface area contributed by atoms with Crippen LogP contribution in [0.1, 0.15) is 12.5 Å². The van der Waals surface area contributed by atoms with E-state index in [0.29, 0.717) is 5.76 Å². The van der Waals surface area contributed by atoms with Gasteiger partial charge in [-0.25, -0.2) is 0 Å². The Balaban J connectivity index is 2.33. The van der Waals surface area contributed by atoms with Crippen LogP contribution in [0.4, 0.5) is 0 Å². The van der Waals surface area contributed by atoms with E-state index in [1.165, 1.54) is 0 Å². The molecule has 0 bridgehead atoms. The molecule has 0 saturated carbocycles. The molecule has 5 heteroatoms. The van der Waals surface area contributed by atoms with Crippen molar-refractivity contribution in [2.24, 2.45) is 5.92 Å². The number of nitrogens with zero attached hydrogens (tertiary/aromatic N) is 1. The first-order valence-corrected chi connectivity index (χ1v) is 7.70. The van der Waals surface area contributed by atoms with Crippen LogP contribution in [0.2, 0.25) is 0 Å². The minimum atomic E-state index is -0.718. The summed E-state index contributed by atoms with van der Waals surface area (Å²) in [6, 6.07) is 9.56. The largest absolute Gasteiger partial charge is 0.425 e. The third kappa shape index (κ3) is 3.20. The molecule has 1 aromatic carbocycles. The predicted octanol–water partition coefficient (Wildman–Crippen LogP) is 3.61. The van der Waals surface area contributed by atoms with Crippen LogP contribution in [0.15, 0.2) is 34.8 Å². The van der Waals surface area contributed by atoms with Gasteiger partial charge in [0.15, 0.2) is 5.92 Å². The Hall–Kier alpha value is -1.25. The molecule has 2 rings (SSSR count). The highest BCUT2D eigenvalue weighted by Crippen LogP contribution is 2.32. The molecule has 0 unspecified atom stereocenters. The van der Waals surface area contributed by atoms with E-state index in [1.807, 2.05) is 43.3 Å². The number of ether oxygens (including phenoxy) is 1. The van der Waals surface area contributed by atoms with Crippen molar-refractivity contribution in [3.63, 3.8) is 0 Å². The van der Waals surface area contributed by atoms with Crippen molar-refractivity contribution >= 4 is 39.4 Å². The highest BCUT2D eigenvalue weighted by molar-refractivity contribution is 9.10. The maximum Gasteiger partial charge on any atom is 0.330 e. The molecular weight excluding hydrogens is 326 g/mol. The number of carbonyl (C=O) groups is 1. The summed E-state index contributed by atoms with van der Waals surface area (Å²) in [6.07, 6.45) is 1.87. The van der Waals surface area contributed by atoms with Gasteiger partial charge in [0.05, 0.1) is 11.3 Å². The van der Waals surface area contributed by atoms with Gasteiger partial charge in [-0.1, -0.05) is 35.0 Å². The summed E-state index contributed by atoms with van der Waals surface area (Å²) in [4.78, 5) is 11.9. The molecule has 19 heavy (non-hydrogen) atoms.